The summed E-state index contributed by atoms with van der Waals surface area (Å²) < 4.78 is 5.35. The van der Waals surface area contributed by atoms with Gasteiger partial charge in [-0.3, -0.25) is 0 Å². The van der Waals surface area contributed by atoms with Gasteiger partial charge in [-0.05, 0) is 12.8 Å². The van der Waals surface area contributed by atoms with E-state index in [0.717, 1.165) is 25.7 Å². The number of hydrogen-bond acceptors (Lipinski definition) is 3. The molecule has 34 heavy (non-hydrogen) atoms. The largest absolute Gasteiger partial charge is 0.343 e. The summed E-state index contributed by atoms with van der Waals surface area (Å²) in [6, 6.07) is 0. The zero-order valence-electron chi connectivity index (χ0n) is 23.6. The molecule has 3 heteroatoms. The molecule has 0 aromatic carbocycles. The highest BCUT2D eigenvalue weighted by atomic mass is 16.8. The Morgan fingerprint density at radius 2 is 0.647 bits per heavy atom. The lowest BCUT2D eigenvalue weighted by Crippen LogP contribution is -2.32. The van der Waals surface area contributed by atoms with Crippen molar-refractivity contribution < 1.29 is 14.9 Å². The van der Waals surface area contributed by atoms with Crippen LogP contribution in [0.5, 0.6) is 0 Å². The first-order valence-electron chi connectivity index (χ1n) is 15.7. The highest BCUT2D eigenvalue weighted by Gasteiger charge is 2.22. The minimum absolute atomic E-state index is 0.337. The van der Waals surface area contributed by atoms with Crippen molar-refractivity contribution in [2.24, 2.45) is 0 Å². The van der Waals surface area contributed by atoms with Crippen molar-refractivity contribution in [1.29, 1.82) is 0 Å². The third kappa shape index (κ3) is 28.1. The fraction of sp³-hybridized carbons (Fsp3) is 1.00. The molecule has 0 atom stereocenters. The smallest absolute Gasteiger partial charge is 0.277 e. The van der Waals surface area contributed by atoms with Gasteiger partial charge in [0.25, 0.3) is 5.97 Å². The molecule has 0 aliphatic heterocycles. The molecule has 206 valence electrons. The number of hydrogen-bond donors (Lipinski definition) is 2. The fourth-order valence-electron chi connectivity index (χ4n) is 4.80. The predicted molar refractivity (Wildman–Crippen MR) is 149 cm³/mol. The highest BCUT2D eigenvalue weighted by molar-refractivity contribution is 4.55. The molecular weight excluding hydrogens is 420 g/mol. The van der Waals surface area contributed by atoms with Crippen LogP contribution < -0.4 is 0 Å². The van der Waals surface area contributed by atoms with Crippen molar-refractivity contribution in [2.75, 3.05) is 6.61 Å². The van der Waals surface area contributed by atoms with Crippen molar-refractivity contribution in [2.45, 2.75) is 193 Å². The van der Waals surface area contributed by atoms with E-state index in [1.54, 1.807) is 0 Å². The number of aliphatic hydroxyl groups is 2. The lowest BCUT2D eigenvalue weighted by molar-refractivity contribution is -0.341. The van der Waals surface area contributed by atoms with Crippen LogP contribution in [0.2, 0.25) is 0 Å². The maximum Gasteiger partial charge on any atom is 0.277 e. The maximum absolute atomic E-state index is 10.0. The quantitative estimate of drug-likeness (QED) is 0.0819. The minimum atomic E-state index is -1.92. The van der Waals surface area contributed by atoms with Gasteiger partial charge < -0.3 is 14.9 Å². The van der Waals surface area contributed by atoms with E-state index in [0.29, 0.717) is 13.0 Å². The fourth-order valence-corrected chi connectivity index (χ4v) is 4.80. The van der Waals surface area contributed by atoms with Gasteiger partial charge in [-0.15, -0.1) is 0 Å². The molecule has 0 spiro atoms. The first kappa shape index (κ1) is 33.9. The molecule has 0 aliphatic rings. The molecule has 0 saturated heterocycles. The first-order chi connectivity index (χ1) is 16.6. The van der Waals surface area contributed by atoms with Crippen molar-refractivity contribution in [1.82, 2.24) is 0 Å². The van der Waals surface area contributed by atoms with Gasteiger partial charge in [0.15, 0.2) is 0 Å². The molecule has 2 N–H and O–H groups in total. The van der Waals surface area contributed by atoms with E-state index in [1.165, 1.54) is 141 Å². The van der Waals surface area contributed by atoms with E-state index < -0.39 is 5.97 Å². The molecule has 3 nitrogen and oxygen atoms in total. The van der Waals surface area contributed by atoms with Crippen LogP contribution in [0, 0.1) is 0 Å². The molecular formula is C31H64O3. The summed E-state index contributed by atoms with van der Waals surface area (Å²) >= 11 is 0. The van der Waals surface area contributed by atoms with Gasteiger partial charge in [0.05, 0.1) is 6.61 Å². The topological polar surface area (TPSA) is 49.7 Å². The van der Waals surface area contributed by atoms with E-state index in [4.69, 9.17) is 4.74 Å². The molecule has 0 bridgehead atoms. The summed E-state index contributed by atoms with van der Waals surface area (Å²) in [5.74, 6) is -1.92. The van der Waals surface area contributed by atoms with Crippen molar-refractivity contribution >= 4 is 0 Å². The van der Waals surface area contributed by atoms with Gasteiger partial charge in [-0.25, -0.2) is 0 Å². The van der Waals surface area contributed by atoms with Crippen LogP contribution in [0.3, 0.4) is 0 Å². The lowest BCUT2D eigenvalue weighted by Gasteiger charge is -2.21. The van der Waals surface area contributed by atoms with E-state index in [1.807, 2.05) is 0 Å². The van der Waals surface area contributed by atoms with Gasteiger partial charge in [0.2, 0.25) is 0 Å². The monoisotopic (exact) mass is 484 g/mol. The Labute approximate surface area is 214 Å². The highest BCUT2D eigenvalue weighted by Crippen LogP contribution is 2.18. The minimum Gasteiger partial charge on any atom is -0.343 e. The molecule has 0 aromatic rings. The summed E-state index contributed by atoms with van der Waals surface area (Å²) in [5, 5.41) is 20.0. The third-order valence-electron chi connectivity index (χ3n) is 7.19. The molecule has 0 aliphatic carbocycles. The zero-order valence-corrected chi connectivity index (χ0v) is 23.6. The van der Waals surface area contributed by atoms with Crippen LogP contribution in [-0.4, -0.2) is 22.8 Å². The van der Waals surface area contributed by atoms with Gasteiger partial charge in [-0.2, -0.15) is 0 Å². The third-order valence-corrected chi connectivity index (χ3v) is 7.19. The van der Waals surface area contributed by atoms with Crippen molar-refractivity contribution in [3.05, 3.63) is 0 Å². The molecule has 0 heterocycles. The van der Waals surface area contributed by atoms with Crippen LogP contribution in [0.25, 0.3) is 0 Å². The van der Waals surface area contributed by atoms with E-state index in [2.05, 4.69) is 13.8 Å². The lowest BCUT2D eigenvalue weighted by atomic mass is 10.0. The van der Waals surface area contributed by atoms with Crippen LogP contribution in [0.15, 0.2) is 0 Å². The zero-order chi connectivity index (χ0) is 25.0. The Morgan fingerprint density at radius 3 is 0.971 bits per heavy atom. The molecule has 0 amide bonds. The normalized spacial score (nSPS) is 12.0. The molecule has 0 aromatic heterocycles. The van der Waals surface area contributed by atoms with Crippen LogP contribution in [0.1, 0.15) is 187 Å². The molecule has 0 radical (unpaired) electrons. The van der Waals surface area contributed by atoms with E-state index >= 15 is 0 Å². The van der Waals surface area contributed by atoms with Gasteiger partial charge in [0, 0.05) is 6.42 Å². The van der Waals surface area contributed by atoms with Crippen molar-refractivity contribution in [3.63, 3.8) is 0 Å². The predicted octanol–water partition coefficient (Wildman–Crippen LogP) is 10.2. The average Bonchev–Trinajstić information content (AvgIpc) is 2.82. The second kappa shape index (κ2) is 27.5. The van der Waals surface area contributed by atoms with E-state index in [-0.39, 0.29) is 0 Å². The molecule has 0 rings (SSSR count). The van der Waals surface area contributed by atoms with Gasteiger partial charge in [-0.1, -0.05) is 168 Å². The molecule has 0 saturated carbocycles. The van der Waals surface area contributed by atoms with Crippen LogP contribution >= 0.6 is 0 Å². The van der Waals surface area contributed by atoms with E-state index in [9.17, 15) is 10.2 Å². The first-order valence-corrected chi connectivity index (χ1v) is 15.7. The Balaban J connectivity index is 3.28. The second-order valence-corrected chi connectivity index (χ2v) is 10.8. The Hall–Kier alpha value is -0.120. The summed E-state index contributed by atoms with van der Waals surface area (Å²) in [4.78, 5) is 0. The summed E-state index contributed by atoms with van der Waals surface area (Å²) in [6.45, 7) is 5.01. The standard InChI is InChI=1S/C31H64O3/c1-3-5-7-9-11-13-15-17-18-19-21-23-25-27-29-31(32,33)34-30-28-26-24-22-20-16-14-12-10-8-6-4-2/h32-33H,3-30H2,1-2H3. The maximum atomic E-state index is 10.0. The van der Waals surface area contributed by atoms with Gasteiger partial charge >= 0.3 is 0 Å². The summed E-state index contributed by atoms with van der Waals surface area (Å²) in [5.41, 5.74) is 0. The number of rotatable bonds is 29. The average molecular weight is 485 g/mol. The number of ether oxygens (including phenoxy) is 1. The second-order valence-electron chi connectivity index (χ2n) is 10.8. The number of unbranched alkanes of at least 4 members (excludes halogenated alkanes) is 24. The SMILES string of the molecule is CCCCCCCCCCCCCCCCC(O)(O)OCCCCCCCCCCCCCC. The Bertz CT molecular complexity index is 370. The van der Waals surface area contributed by atoms with Gasteiger partial charge in [0.1, 0.15) is 0 Å². The Morgan fingerprint density at radius 1 is 0.382 bits per heavy atom. The summed E-state index contributed by atoms with van der Waals surface area (Å²) in [6.07, 6.45) is 34.3. The molecule has 0 unspecified atom stereocenters. The van der Waals surface area contributed by atoms with Crippen LogP contribution in [0.4, 0.5) is 0 Å². The summed E-state index contributed by atoms with van der Waals surface area (Å²) in [7, 11) is 0. The Kier molecular flexibility index (Phi) is 27.4. The van der Waals surface area contributed by atoms with Crippen LogP contribution in [-0.2, 0) is 4.74 Å². The van der Waals surface area contributed by atoms with Crippen molar-refractivity contribution in [3.8, 4) is 0 Å². The molecule has 0 fully saturated rings.